The number of urea groups is 1. The predicted octanol–water partition coefficient (Wildman–Crippen LogP) is 3.71. The minimum Gasteiger partial charge on any atom is -0.372 e. The van der Waals surface area contributed by atoms with Crippen molar-refractivity contribution in [2.45, 2.75) is 90.3 Å². The Morgan fingerprint density at radius 1 is 1.12 bits per heavy atom. The van der Waals surface area contributed by atoms with Gasteiger partial charge in [0.1, 0.15) is 0 Å². The summed E-state index contributed by atoms with van der Waals surface area (Å²) in [6.45, 7) is 15.3. The molecule has 9 heteroatoms. The quantitative estimate of drug-likeness (QED) is 0.686. The lowest BCUT2D eigenvalue weighted by Crippen LogP contribution is -2.52. The first-order valence-corrected chi connectivity index (χ1v) is 13.4. The molecule has 8 nitrogen and oxygen atoms in total. The molecule has 1 aromatic rings. The van der Waals surface area contributed by atoms with Gasteiger partial charge >= 0.3 is 6.03 Å². The third-order valence-corrected chi connectivity index (χ3v) is 9.02. The van der Waals surface area contributed by atoms with Crippen molar-refractivity contribution in [1.82, 2.24) is 9.62 Å². The fraction of sp³-hybridized carbons (Fsp3) is 0.708. The summed E-state index contributed by atoms with van der Waals surface area (Å²) in [5, 5.41) is 3.03. The molecule has 2 heterocycles. The molecule has 2 saturated heterocycles. The second-order valence-corrected chi connectivity index (χ2v) is 12.9. The Balaban J connectivity index is 1.58. The molecule has 33 heavy (non-hydrogen) atoms. The number of piperidine rings is 1. The third-order valence-electron chi connectivity index (χ3n) is 6.77. The van der Waals surface area contributed by atoms with Crippen LogP contribution in [0.3, 0.4) is 0 Å². The van der Waals surface area contributed by atoms with Crippen molar-refractivity contribution in [3.8, 4) is 0 Å². The highest BCUT2D eigenvalue weighted by Gasteiger charge is 2.33. The number of carbonyl (C=O) groups excluding carboxylic acids is 1. The molecule has 0 bridgehead atoms. The van der Waals surface area contributed by atoms with Gasteiger partial charge in [-0.1, -0.05) is 0 Å². The highest BCUT2D eigenvalue weighted by Crippen LogP contribution is 2.29. The van der Waals surface area contributed by atoms with Crippen LogP contribution >= 0.6 is 0 Å². The second-order valence-electron chi connectivity index (χ2n) is 10.5. The standard InChI is InChI=1S/C24H40N4O4S/c1-16-14-21(28-15-17(2)32-19(4)18(28)3)8-9-22(16)25-23(29)27-12-10-20(11-13-27)26-33(30,31)24(5,6)7/h8-9,14,17-20,26H,10-13,15H2,1-7H3,(H,25,29). The monoisotopic (exact) mass is 480 g/mol. The summed E-state index contributed by atoms with van der Waals surface area (Å²) >= 11 is 0. The summed E-state index contributed by atoms with van der Waals surface area (Å²) in [6, 6.07) is 6.12. The molecule has 0 aliphatic carbocycles. The van der Waals surface area contributed by atoms with Crippen molar-refractivity contribution >= 4 is 27.4 Å². The highest BCUT2D eigenvalue weighted by molar-refractivity contribution is 7.90. The summed E-state index contributed by atoms with van der Waals surface area (Å²) < 4.78 is 32.7. The fourth-order valence-corrected chi connectivity index (χ4v) is 5.35. The summed E-state index contributed by atoms with van der Waals surface area (Å²) in [6.07, 6.45) is 1.54. The van der Waals surface area contributed by atoms with Crippen LogP contribution in [0.2, 0.25) is 0 Å². The van der Waals surface area contributed by atoms with E-state index in [0.29, 0.717) is 25.9 Å². The van der Waals surface area contributed by atoms with Crippen LogP contribution in [0.15, 0.2) is 18.2 Å². The second kappa shape index (κ2) is 9.80. The number of benzene rings is 1. The van der Waals surface area contributed by atoms with Crippen LogP contribution < -0.4 is 14.9 Å². The maximum Gasteiger partial charge on any atom is 0.321 e. The van der Waals surface area contributed by atoms with Crippen LogP contribution in [-0.4, -0.2) is 68.0 Å². The zero-order valence-corrected chi connectivity index (χ0v) is 21.8. The van der Waals surface area contributed by atoms with E-state index in [1.54, 1.807) is 25.7 Å². The summed E-state index contributed by atoms with van der Waals surface area (Å²) in [7, 11) is -3.39. The molecule has 2 fully saturated rings. The van der Waals surface area contributed by atoms with Gasteiger partial charge in [-0.15, -0.1) is 0 Å². The van der Waals surface area contributed by atoms with Crippen molar-refractivity contribution in [2.24, 2.45) is 0 Å². The Morgan fingerprint density at radius 2 is 1.76 bits per heavy atom. The first kappa shape index (κ1) is 25.8. The Morgan fingerprint density at radius 3 is 2.33 bits per heavy atom. The number of aryl methyl sites for hydroxylation is 1. The van der Waals surface area contributed by atoms with Crippen molar-refractivity contribution in [3.05, 3.63) is 23.8 Å². The number of sulfonamides is 1. The number of anilines is 2. The molecule has 0 spiro atoms. The molecule has 2 aliphatic rings. The van der Waals surface area contributed by atoms with Crippen LogP contribution in [0.5, 0.6) is 0 Å². The van der Waals surface area contributed by atoms with Gasteiger partial charge in [0.2, 0.25) is 10.0 Å². The molecular weight excluding hydrogens is 440 g/mol. The van der Waals surface area contributed by atoms with E-state index < -0.39 is 14.8 Å². The zero-order chi connectivity index (χ0) is 24.6. The molecule has 0 saturated carbocycles. The predicted molar refractivity (Wildman–Crippen MR) is 133 cm³/mol. The number of hydrogen-bond acceptors (Lipinski definition) is 5. The van der Waals surface area contributed by atoms with E-state index >= 15 is 0 Å². The van der Waals surface area contributed by atoms with Crippen LogP contribution in [0.25, 0.3) is 0 Å². The van der Waals surface area contributed by atoms with Gasteiger partial charge in [-0.05, 0) is 85.1 Å². The van der Waals surface area contributed by atoms with E-state index in [2.05, 4.69) is 47.8 Å². The van der Waals surface area contributed by atoms with Gasteiger partial charge in [-0.3, -0.25) is 0 Å². The number of morpholine rings is 1. The van der Waals surface area contributed by atoms with Gasteiger partial charge < -0.3 is 19.9 Å². The summed E-state index contributed by atoms with van der Waals surface area (Å²) in [5.74, 6) is 0. The van der Waals surface area contributed by atoms with Crippen molar-refractivity contribution in [1.29, 1.82) is 0 Å². The number of nitrogens with zero attached hydrogens (tertiary/aromatic N) is 2. The van der Waals surface area contributed by atoms with E-state index in [4.69, 9.17) is 4.74 Å². The minimum atomic E-state index is -3.39. The average molecular weight is 481 g/mol. The number of nitrogens with one attached hydrogen (secondary N) is 2. The number of rotatable bonds is 4. The van der Waals surface area contributed by atoms with Gasteiger partial charge in [-0.25, -0.2) is 17.9 Å². The fourth-order valence-electron chi connectivity index (χ4n) is 4.32. The highest BCUT2D eigenvalue weighted by atomic mass is 32.2. The van der Waals surface area contributed by atoms with E-state index in [0.717, 1.165) is 23.5 Å². The van der Waals surface area contributed by atoms with Gasteiger partial charge in [0, 0.05) is 37.1 Å². The van der Waals surface area contributed by atoms with Gasteiger partial charge in [0.25, 0.3) is 0 Å². The van der Waals surface area contributed by atoms with Gasteiger partial charge in [0.15, 0.2) is 0 Å². The molecular formula is C24H40N4O4S. The molecule has 2 amide bonds. The van der Waals surface area contributed by atoms with E-state index in [1.807, 2.05) is 13.0 Å². The number of likely N-dealkylation sites (tertiary alicyclic amines) is 1. The Labute approximate surface area is 199 Å². The van der Waals surface area contributed by atoms with Crippen LogP contribution in [0.1, 0.15) is 59.9 Å². The van der Waals surface area contributed by atoms with Crippen molar-refractivity contribution in [2.75, 3.05) is 29.9 Å². The molecule has 186 valence electrons. The topological polar surface area (TPSA) is 91.0 Å². The molecule has 3 atom stereocenters. The van der Waals surface area contributed by atoms with Crippen LogP contribution in [0, 0.1) is 6.92 Å². The van der Waals surface area contributed by atoms with Gasteiger partial charge in [-0.2, -0.15) is 0 Å². The Kier molecular flexibility index (Phi) is 7.65. The molecule has 2 N–H and O–H groups in total. The van der Waals surface area contributed by atoms with E-state index in [1.165, 1.54) is 0 Å². The molecule has 0 radical (unpaired) electrons. The third kappa shape index (κ3) is 6.00. The number of hydrogen-bond donors (Lipinski definition) is 2. The smallest absolute Gasteiger partial charge is 0.321 e. The number of amides is 2. The zero-order valence-electron chi connectivity index (χ0n) is 21.0. The minimum absolute atomic E-state index is 0.139. The largest absolute Gasteiger partial charge is 0.372 e. The average Bonchev–Trinajstić information content (AvgIpc) is 2.71. The lowest BCUT2D eigenvalue weighted by atomic mass is 10.1. The van der Waals surface area contributed by atoms with Crippen LogP contribution in [-0.2, 0) is 14.8 Å². The Hall–Kier alpha value is -1.84. The number of carbonyl (C=O) groups is 1. The summed E-state index contributed by atoms with van der Waals surface area (Å²) in [5.41, 5.74) is 2.93. The lowest BCUT2D eigenvalue weighted by molar-refractivity contribution is -0.0257. The Bertz CT molecular complexity index is 952. The SMILES string of the molecule is Cc1cc(N2CC(C)OC(C)C2C)ccc1NC(=O)N1CCC(NS(=O)(=O)C(C)(C)C)CC1. The molecule has 3 unspecified atom stereocenters. The molecule has 2 aliphatic heterocycles. The normalized spacial score (nSPS) is 25.2. The summed E-state index contributed by atoms with van der Waals surface area (Å²) in [4.78, 5) is 17.0. The van der Waals surface area contributed by atoms with E-state index in [-0.39, 0.29) is 30.3 Å². The maximum atomic E-state index is 12.8. The lowest BCUT2D eigenvalue weighted by Gasteiger charge is -2.42. The molecule has 3 rings (SSSR count). The van der Waals surface area contributed by atoms with Crippen molar-refractivity contribution < 1.29 is 17.9 Å². The van der Waals surface area contributed by atoms with Crippen LogP contribution in [0.4, 0.5) is 16.2 Å². The maximum absolute atomic E-state index is 12.8. The first-order valence-electron chi connectivity index (χ1n) is 11.9. The first-order chi connectivity index (χ1) is 15.3. The van der Waals surface area contributed by atoms with Gasteiger partial charge in [0.05, 0.1) is 23.0 Å². The van der Waals surface area contributed by atoms with E-state index in [9.17, 15) is 13.2 Å². The molecule has 0 aromatic heterocycles. The molecule has 1 aromatic carbocycles. The van der Waals surface area contributed by atoms with Crippen molar-refractivity contribution in [3.63, 3.8) is 0 Å². The number of ether oxygens (including phenoxy) is 1.